The molecule has 0 aromatic heterocycles. The maximum absolute atomic E-state index is 5.86. The minimum Gasteiger partial charge on any atom is -0.371 e. The van der Waals surface area contributed by atoms with E-state index < -0.39 is 8.88 Å². The second kappa shape index (κ2) is 9.29. The first kappa shape index (κ1) is 15.1. The minimum absolute atomic E-state index is 0.746. The molecule has 0 saturated carbocycles. The van der Waals surface area contributed by atoms with E-state index in [1.165, 1.54) is 0 Å². The molecule has 4 nitrogen and oxygen atoms in total. The Labute approximate surface area is 95.1 Å². The Kier molecular flexibility index (Phi) is 9.33. The molecule has 15 heavy (non-hydrogen) atoms. The zero-order valence-electron chi connectivity index (χ0n) is 10.6. The number of hydrogen-bond acceptors (Lipinski definition) is 4. The SMILES string of the molecule is CCCO[Si](NCC)(NCC)OCCC. The van der Waals surface area contributed by atoms with Gasteiger partial charge in [0.25, 0.3) is 0 Å². The molecule has 5 heteroatoms. The lowest BCUT2D eigenvalue weighted by Gasteiger charge is -2.30. The lowest BCUT2D eigenvalue weighted by molar-refractivity contribution is 0.146. The average molecular weight is 234 g/mol. The molecule has 0 saturated heterocycles. The van der Waals surface area contributed by atoms with Crippen LogP contribution in [0.5, 0.6) is 0 Å². The van der Waals surface area contributed by atoms with E-state index in [1.54, 1.807) is 0 Å². The summed E-state index contributed by atoms with van der Waals surface area (Å²) in [4.78, 5) is 6.70. The van der Waals surface area contributed by atoms with E-state index in [2.05, 4.69) is 37.7 Å². The van der Waals surface area contributed by atoms with E-state index in [-0.39, 0.29) is 0 Å². The molecule has 2 N–H and O–H groups in total. The Balaban J connectivity index is 4.26. The first-order valence-corrected chi connectivity index (χ1v) is 7.84. The van der Waals surface area contributed by atoms with Gasteiger partial charge < -0.3 is 8.85 Å². The van der Waals surface area contributed by atoms with Crippen molar-refractivity contribution in [1.29, 1.82) is 0 Å². The van der Waals surface area contributed by atoms with E-state index >= 15 is 0 Å². The van der Waals surface area contributed by atoms with Crippen LogP contribution in [-0.2, 0) is 8.85 Å². The summed E-state index contributed by atoms with van der Waals surface area (Å²) < 4.78 is 11.7. The molecule has 0 heterocycles. The van der Waals surface area contributed by atoms with Gasteiger partial charge in [-0.2, -0.15) is 0 Å². The topological polar surface area (TPSA) is 42.5 Å². The third-order valence-electron chi connectivity index (χ3n) is 1.84. The van der Waals surface area contributed by atoms with Gasteiger partial charge in [0, 0.05) is 13.2 Å². The van der Waals surface area contributed by atoms with E-state index in [4.69, 9.17) is 8.85 Å². The molecule has 0 spiro atoms. The van der Waals surface area contributed by atoms with Crippen LogP contribution in [0.4, 0.5) is 0 Å². The average Bonchev–Trinajstić information content (AvgIpc) is 2.24. The molecular weight excluding hydrogens is 208 g/mol. The van der Waals surface area contributed by atoms with E-state index in [0.29, 0.717) is 0 Å². The van der Waals surface area contributed by atoms with Crippen molar-refractivity contribution in [3.05, 3.63) is 0 Å². The first-order chi connectivity index (χ1) is 7.24. The summed E-state index contributed by atoms with van der Waals surface area (Å²) in [6.07, 6.45) is 2.03. The fourth-order valence-electron chi connectivity index (χ4n) is 1.27. The highest BCUT2D eigenvalue weighted by molar-refractivity contribution is 6.62. The molecular formula is C10H26N2O2Si. The summed E-state index contributed by atoms with van der Waals surface area (Å²) in [6.45, 7) is 11.6. The van der Waals surface area contributed by atoms with Gasteiger partial charge in [-0.15, -0.1) is 0 Å². The van der Waals surface area contributed by atoms with Gasteiger partial charge in [0.2, 0.25) is 0 Å². The number of nitrogens with one attached hydrogen (secondary N) is 2. The van der Waals surface area contributed by atoms with Gasteiger partial charge in [-0.05, 0) is 25.9 Å². The lowest BCUT2D eigenvalue weighted by Crippen LogP contribution is -2.67. The predicted octanol–water partition coefficient (Wildman–Crippen LogP) is 1.49. The third kappa shape index (κ3) is 6.27. The Bertz CT molecular complexity index is 131. The van der Waals surface area contributed by atoms with Gasteiger partial charge in [-0.25, -0.2) is 0 Å². The van der Waals surface area contributed by atoms with Crippen LogP contribution >= 0.6 is 0 Å². The van der Waals surface area contributed by atoms with Gasteiger partial charge in [-0.3, -0.25) is 9.96 Å². The third-order valence-corrected chi connectivity index (χ3v) is 4.70. The molecule has 0 atom stereocenters. The summed E-state index contributed by atoms with van der Waals surface area (Å²) in [5.74, 6) is 0. The first-order valence-electron chi connectivity index (χ1n) is 6.02. The van der Waals surface area contributed by atoms with E-state index in [1.807, 2.05) is 0 Å². The van der Waals surface area contributed by atoms with E-state index in [9.17, 15) is 0 Å². The highest BCUT2D eigenvalue weighted by Crippen LogP contribution is 2.01. The Morgan fingerprint density at radius 1 is 0.800 bits per heavy atom. The van der Waals surface area contributed by atoms with Gasteiger partial charge in [0.15, 0.2) is 0 Å². The van der Waals surface area contributed by atoms with Gasteiger partial charge in [0.1, 0.15) is 0 Å². The van der Waals surface area contributed by atoms with Crippen molar-refractivity contribution in [2.75, 3.05) is 26.3 Å². The molecule has 0 bridgehead atoms. The molecule has 92 valence electrons. The van der Waals surface area contributed by atoms with Crippen molar-refractivity contribution in [3.63, 3.8) is 0 Å². The minimum atomic E-state index is -2.34. The Morgan fingerprint density at radius 2 is 1.20 bits per heavy atom. The zero-order valence-corrected chi connectivity index (χ0v) is 11.6. The summed E-state index contributed by atoms with van der Waals surface area (Å²) in [6, 6.07) is 0. The fraction of sp³-hybridized carbons (Fsp3) is 1.00. The van der Waals surface area contributed by atoms with Crippen LogP contribution in [0.25, 0.3) is 0 Å². The van der Waals surface area contributed by atoms with Crippen LogP contribution in [0.15, 0.2) is 0 Å². The molecule has 0 aliphatic heterocycles. The van der Waals surface area contributed by atoms with Crippen LogP contribution < -0.4 is 9.96 Å². The summed E-state index contributed by atoms with van der Waals surface area (Å²) in [5.41, 5.74) is 0. The molecule has 0 amide bonds. The largest absolute Gasteiger partial charge is 0.516 e. The second-order valence-electron chi connectivity index (χ2n) is 3.37. The smallest absolute Gasteiger partial charge is 0.371 e. The van der Waals surface area contributed by atoms with Crippen molar-refractivity contribution in [3.8, 4) is 0 Å². The van der Waals surface area contributed by atoms with Crippen molar-refractivity contribution in [2.24, 2.45) is 0 Å². The van der Waals surface area contributed by atoms with Gasteiger partial charge in [0.05, 0.1) is 0 Å². The van der Waals surface area contributed by atoms with Crippen molar-refractivity contribution < 1.29 is 8.85 Å². The van der Waals surface area contributed by atoms with Gasteiger partial charge in [-0.1, -0.05) is 27.7 Å². The van der Waals surface area contributed by atoms with Crippen LogP contribution in [0.3, 0.4) is 0 Å². The summed E-state index contributed by atoms with van der Waals surface area (Å²) >= 11 is 0. The fourth-order valence-corrected chi connectivity index (χ4v) is 3.80. The molecule has 0 aromatic rings. The maximum atomic E-state index is 5.86. The summed E-state index contributed by atoms with van der Waals surface area (Å²) in [5, 5.41) is 0. The molecule has 0 rings (SSSR count). The standard InChI is InChI=1S/C10H26N2O2Si/c1-5-9-13-15(11-7-3,12-8-4)14-10-6-2/h11-12H,5-10H2,1-4H3. The molecule has 0 radical (unpaired) electrons. The maximum Gasteiger partial charge on any atom is 0.516 e. The lowest BCUT2D eigenvalue weighted by atomic mass is 10.5. The molecule has 0 unspecified atom stereocenters. The monoisotopic (exact) mass is 234 g/mol. The molecule has 0 aliphatic rings. The Morgan fingerprint density at radius 3 is 1.47 bits per heavy atom. The number of rotatable bonds is 10. The van der Waals surface area contributed by atoms with Crippen LogP contribution in [0.2, 0.25) is 0 Å². The van der Waals surface area contributed by atoms with Crippen molar-refractivity contribution in [1.82, 2.24) is 9.96 Å². The van der Waals surface area contributed by atoms with Crippen LogP contribution in [0, 0.1) is 0 Å². The quantitative estimate of drug-likeness (QED) is 0.562. The zero-order chi connectivity index (χ0) is 11.6. The molecule has 0 fully saturated rings. The normalized spacial score (nSPS) is 12.0. The molecule has 0 aromatic carbocycles. The highest BCUT2D eigenvalue weighted by atomic mass is 28.4. The second-order valence-corrected chi connectivity index (χ2v) is 5.89. The van der Waals surface area contributed by atoms with Crippen molar-refractivity contribution >= 4 is 8.88 Å². The Hall–Kier alpha value is 0.0569. The van der Waals surface area contributed by atoms with Crippen LogP contribution in [0.1, 0.15) is 40.5 Å². The van der Waals surface area contributed by atoms with E-state index in [0.717, 1.165) is 39.1 Å². The predicted molar refractivity (Wildman–Crippen MR) is 65.6 cm³/mol. The highest BCUT2D eigenvalue weighted by Gasteiger charge is 2.37. The van der Waals surface area contributed by atoms with Crippen LogP contribution in [-0.4, -0.2) is 35.2 Å². The summed E-state index contributed by atoms with van der Waals surface area (Å²) in [7, 11) is -2.34. The number of hydrogen-bond donors (Lipinski definition) is 2. The molecule has 0 aliphatic carbocycles. The van der Waals surface area contributed by atoms with Crippen molar-refractivity contribution in [2.45, 2.75) is 40.5 Å². The van der Waals surface area contributed by atoms with Gasteiger partial charge >= 0.3 is 8.88 Å².